The molecule has 0 aliphatic rings. The highest BCUT2D eigenvalue weighted by molar-refractivity contribution is 7.93. The predicted octanol–water partition coefficient (Wildman–Crippen LogP) is 4.30. The van der Waals surface area contributed by atoms with Gasteiger partial charge in [0.25, 0.3) is 15.9 Å². The molecule has 0 aliphatic carbocycles. The molecule has 0 unspecified atom stereocenters. The van der Waals surface area contributed by atoms with Crippen LogP contribution in [0.5, 0.6) is 0 Å². The van der Waals surface area contributed by atoms with Crippen LogP contribution in [0.3, 0.4) is 0 Å². The molecule has 1 aromatic heterocycles. The summed E-state index contributed by atoms with van der Waals surface area (Å²) < 4.78 is 32.9. The number of aryl methyl sites for hydroxylation is 3. The van der Waals surface area contributed by atoms with Crippen molar-refractivity contribution >= 4 is 44.1 Å². The standard InChI is InChI=1S/C22H23N3O5S2/c1-5-30-21(27)16-7-9-17(10-8-16)24-20(26)19-15(4)23-22(31-19)25-32(28,29)18-11-6-13(2)12-14(18)3/h6-12H,5H2,1-4H3,(H,23,25)(H,24,26). The smallest absolute Gasteiger partial charge is 0.338 e. The van der Waals surface area contributed by atoms with Gasteiger partial charge in [0.1, 0.15) is 4.88 Å². The minimum Gasteiger partial charge on any atom is -0.462 e. The molecule has 32 heavy (non-hydrogen) atoms. The SMILES string of the molecule is CCOC(=O)c1ccc(NC(=O)c2sc(NS(=O)(=O)c3ccc(C)cc3C)nc2C)cc1. The number of esters is 1. The first kappa shape index (κ1) is 23.4. The maximum absolute atomic E-state index is 12.8. The first-order valence-electron chi connectivity index (χ1n) is 9.76. The van der Waals surface area contributed by atoms with Crippen LogP contribution in [0.1, 0.15) is 43.8 Å². The third kappa shape index (κ3) is 5.32. The highest BCUT2D eigenvalue weighted by Crippen LogP contribution is 2.27. The van der Waals surface area contributed by atoms with Crippen molar-refractivity contribution in [1.82, 2.24) is 4.98 Å². The van der Waals surface area contributed by atoms with Crippen molar-refractivity contribution < 1.29 is 22.7 Å². The average Bonchev–Trinajstić information content (AvgIpc) is 3.07. The molecule has 3 rings (SSSR count). The van der Waals surface area contributed by atoms with Crippen molar-refractivity contribution in [2.24, 2.45) is 0 Å². The minimum absolute atomic E-state index is 0.102. The molecular formula is C22H23N3O5S2. The average molecular weight is 474 g/mol. The molecular weight excluding hydrogens is 450 g/mol. The third-order valence-electron chi connectivity index (χ3n) is 4.50. The van der Waals surface area contributed by atoms with E-state index in [9.17, 15) is 18.0 Å². The number of sulfonamides is 1. The van der Waals surface area contributed by atoms with Gasteiger partial charge in [-0.05, 0) is 63.6 Å². The number of hydrogen-bond donors (Lipinski definition) is 2. The van der Waals surface area contributed by atoms with Crippen LogP contribution >= 0.6 is 11.3 Å². The normalized spacial score (nSPS) is 11.1. The lowest BCUT2D eigenvalue weighted by Gasteiger charge is -2.08. The number of amides is 1. The quantitative estimate of drug-likeness (QED) is 0.495. The van der Waals surface area contributed by atoms with Gasteiger partial charge >= 0.3 is 5.97 Å². The summed E-state index contributed by atoms with van der Waals surface area (Å²) in [6, 6.07) is 11.3. The number of nitrogens with one attached hydrogen (secondary N) is 2. The van der Waals surface area contributed by atoms with Gasteiger partial charge < -0.3 is 10.1 Å². The molecule has 0 spiro atoms. The molecule has 0 radical (unpaired) electrons. The zero-order valence-electron chi connectivity index (χ0n) is 18.1. The predicted molar refractivity (Wildman–Crippen MR) is 124 cm³/mol. The maximum atomic E-state index is 12.8. The molecule has 1 heterocycles. The Morgan fingerprint density at radius 2 is 1.75 bits per heavy atom. The lowest BCUT2D eigenvalue weighted by molar-refractivity contribution is 0.0526. The van der Waals surface area contributed by atoms with E-state index in [1.54, 1.807) is 63.2 Å². The number of hydrogen-bond acceptors (Lipinski definition) is 7. The van der Waals surface area contributed by atoms with Crippen molar-refractivity contribution in [2.75, 3.05) is 16.6 Å². The van der Waals surface area contributed by atoms with Crippen LogP contribution in [-0.2, 0) is 14.8 Å². The highest BCUT2D eigenvalue weighted by atomic mass is 32.2. The molecule has 3 aromatic rings. The molecule has 1 amide bonds. The van der Waals surface area contributed by atoms with Gasteiger partial charge in [0.15, 0.2) is 5.13 Å². The van der Waals surface area contributed by atoms with E-state index in [0.29, 0.717) is 22.5 Å². The first-order valence-corrected chi connectivity index (χ1v) is 12.1. The summed E-state index contributed by atoms with van der Waals surface area (Å²) in [5, 5.41) is 2.82. The highest BCUT2D eigenvalue weighted by Gasteiger charge is 2.22. The minimum atomic E-state index is -3.84. The Morgan fingerprint density at radius 1 is 1.06 bits per heavy atom. The van der Waals surface area contributed by atoms with Crippen LogP contribution in [0.15, 0.2) is 47.4 Å². The van der Waals surface area contributed by atoms with Crippen LogP contribution in [0, 0.1) is 20.8 Å². The van der Waals surface area contributed by atoms with E-state index in [-0.39, 0.29) is 21.5 Å². The number of rotatable bonds is 7. The molecule has 2 aromatic carbocycles. The number of ether oxygens (including phenoxy) is 1. The molecule has 2 N–H and O–H groups in total. The van der Waals surface area contributed by atoms with E-state index in [1.807, 2.05) is 6.92 Å². The number of aromatic nitrogens is 1. The lowest BCUT2D eigenvalue weighted by atomic mass is 10.2. The lowest BCUT2D eigenvalue weighted by Crippen LogP contribution is -2.14. The largest absolute Gasteiger partial charge is 0.462 e. The molecule has 0 atom stereocenters. The van der Waals surface area contributed by atoms with Crippen molar-refractivity contribution in [3.8, 4) is 0 Å². The van der Waals surface area contributed by atoms with E-state index < -0.39 is 21.9 Å². The van der Waals surface area contributed by atoms with Gasteiger partial charge in [-0.2, -0.15) is 0 Å². The van der Waals surface area contributed by atoms with Crippen molar-refractivity contribution in [3.05, 3.63) is 69.7 Å². The van der Waals surface area contributed by atoms with Gasteiger partial charge in [-0.25, -0.2) is 18.2 Å². The Kier molecular flexibility index (Phi) is 6.95. The van der Waals surface area contributed by atoms with E-state index in [2.05, 4.69) is 15.0 Å². The Bertz CT molecular complexity index is 1270. The first-order chi connectivity index (χ1) is 15.1. The molecule has 0 fully saturated rings. The zero-order chi connectivity index (χ0) is 23.5. The summed E-state index contributed by atoms with van der Waals surface area (Å²) in [6.07, 6.45) is 0. The number of thiazole rings is 1. The second kappa shape index (κ2) is 9.49. The molecule has 0 aliphatic heterocycles. The molecule has 10 heteroatoms. The fraction of sp³-hybridized carbons (Fsp3) is 0.227. The van der Waals surface area contributed by atoms with Gasteiger partial charge in [0, 0.05) is 5.69 Å². The fourth-order valence-corrected chi connectivity index (χ4v) is 5.34. The second-order valence-electron chi connectivity index (χ2n) is 7.06. The monoisotopic (exact) mass is 473 g/mol. The van der Waals surface area contributed by atoms with Crippen LogP contribution < -0.4 is 10.0 Å². The van der Waals surface area contributed by atoms with E-state index in [4.69, 9.17) is 4.74 Å². The van der Waals surface area contributed by atoms with Crippen LogP contribution in [-0.4, -0.2) is 31.9 Å². The third-order valence-corrected chi connectivity index (χ3v) is 7.20. The van der Waals surface area contributed by atoms with Gasteiger partial charge in [-0.1, -0.05) is 29.0 Å². The summed E-state index contributed by atoms with van der Waals surface area (Å²) in [4.78, 5) is 29.0. The van der Waals surface area contributed by atoms with E-state index >= 15 is 0 Å². The Morgan fingerprint density at radius 3 is 2.38 bits per heavy atom. The Balaban J connectivity index is 1.74. The summed E-state index contributed by atoms with van der Waals surface area (Å²) in [7, 11) is -3.84. The van der Waals surface area contributed by atoms with Gasteiger partial charge in [0.2, 0.25) is 0 Å². The Hall–Kier alpha value is -3.24. The molecule has 0 saturated heterocycles. The van der Waals surface area contributed by atoms with E-state index in [0.717, 1.165) is 16.9 Å². The topological polar surface area (TPSA) is 114 Å². The van der Waals surface area contributed by atoms with Gasteiger partial charge in [0.05, 0.1) is 22.8 Å². The summed E-state index contributed by atoms with van der Waals surface area (Å²) >= 11 is 0.944. The number of anilines is 2. The Labute approximate surface area is 190 Å². The second-order valence-corrected chi connectivity index (χ2v) is 9.71. The van der Waals surface area contributed by atoms with Gasteiger partial charge in [-0.3, -0.25) is 9.52 Å². The van der Waals surface area contributed by atoms with Crippen LogP contribution in [0.4, 0.5) is 10.8 Å². The molecule has 168 valence electrons. The number of benzene rings is 2. The fourth-order valence-electron chi connectivity index (χ4n) is 3.01. The van der Waals surface area contributed by atoms with Crippen LogP contribution in [0.2, 0.25) is 0 Å². The molecule has 0 bridgehead atoms. The summed E-state index contributed by atoms with van der Waals surface area (Å²) in [6.45, 7) is 7.24. The van der Waals surface area contributed by atoms with Crippen molar-refractivity contribution in [3.63, 3.8) is 0 Å². The zero-order valence-corrected chi connectivity index (χ0v) is 19.7. The summed E-state index contributed by atoms with van der Waals surface area (Å²) in [5.41, 5.74) is 2.83. The number of carbonyl (C=O) groups is 2. The number of nitrogens with zero attached hydrogens (tertiary/aromatic N) is 1. The summed E-state index contributed by atoms with van der Waals surface area (Å²) in [5.74, 6) is -0.870. The molecule has 8 nitrogen and oxygen atoms in total. The van der Waals surface area contributed by atoms with Crippen LogP contribution in [0.25, 0.3) is 0 Å². The van der Waals surface area contributed by atoms with E-state index in [1.165, 1.54) is 0 Å². The maximum Gasteiger partial charge on any atom is 0.338 e. The van der Waals surface area contributed by atoms with Gasteiger partial charge in [-0.15, -0.1) is 0 Å². The van der Waals surface area contributed by atoms with Crippen molar-refractivity contribution in [2.45, 2.75) is 32.6 Å². The molecule has 0 saturated carbocycles. The number of carbonyl (C=O) groups excluding carboxylic acids is 2. The van der Waals surface area contributed by atoms with Crippen molar-refractivity contribution in [1.29, 1.82) is 0 Å².